The molecule has 0 heterocycles. The Kier molecular flexibility index (Phi) is 12.4. The topological polar surface area (TPSA) is 35.5 Å². The van der Waals surface area contributed by atoms with Crippen LogP contribution < -0.4 is 0 Å². The van der Waals surface area contributed by atoms with Gasteiger partial charge >= 0.3 is 8.56 Å². The number of hydrogen-bond acceptors (Lipinski definition) is 3. The summed E-state index contributed by atoms with van der Waals surface area (Å²) in [6.07, 6.45) is 10.7. The average Bonchev–Trinajstić information content (AvgIpc) is 2.42. The van der Waals surface area contributed by atoms with Gasteiger partial charge in [-0.15, -0.1) is 0 Å². The van der Waals surface area contributed by atoms with Gasteiger partial charge in [-0.05, 0) is 26.8 Å². The summed E-state index contributed by atoms with van der Waals surface area (Å²) in [5.74, 6) is 0. The molecule has 0 rings (SSSR count). The number of unbranched alkanes of at least 4 members (excludes halogenated alkanes) is 7. The van der Waals surface area contributed by atoms with Crippen LogP contribution in [0.15, 0.2) is 0 Å². The minimum Gasteiger partial charge on any atom is -0.390 e. The predicted octanol–water partition coefficient (Wildman–Crippen LogP) is 4.77. The Balaban J connectivity index is 3.74. The van der Waals surface area contributed by atoms with Crippen molar-refractivity contribution in [3.05, 3.63) is 0 Å². The van der Waals surface area contributed by atoms with Gasteiger partial charge in [-0.2, -0.15) is 0 Å². The molecule has 0 spiro atoms. The number of carbonyl (C=O) groups excluding carboxylic acids is 1. The molecule has 0 atom stereocenters. The second-order valence-corrected chi connectivity index (χ2v) is 8.49. The zero-order valence-electron chi connectivity index (χ0n) is 14.0. The molecule has 0 saturated heterocycles. The summed E-state index contributed by atoms with van der Waals surface area (Å²) >= 11 is 0. The molecule has 0 N–H and O–H groups in total. The highest BCUT2D eigenvalue weighted by Crippen LogP contribution is 2.15. The van der Waals surface area contributed by atoms with E-state index in [4.69, 9.17) is 8.85 Å². The summed E-state index contributed by atoms with van der Waals surface area (Å²) < 4.78 is 11.2. The minimum atomic E-state index is -2.58. The van der Waals surface area contributed by atoms with Crippen LogP contribution in [-0.4, -0.2) is 27.2 Å². The van der Waals surface area contributed by atoms with Gasteiger partial charge in [-0.25, -0.2) is 0 Å². The third-order valence-corrected chi connectivity index (χ3v) is 6.55. The lowest BCUT2D eigenvalue weighted by Crippen LogP contribution is -2.47. The molecule has 3 nitrogen and oxygen atoms in total. The van der Waals surface area contributed by atoms with Crippen LogP contribution in [0.1, 0.15) is 78.6 Å². The van der Waals surface area contributed by atoms with Crippen molar-refractivity contribution in [3.63, 3.8) is 0 Å². The summed E-state index contributed by atoms with van der Waals surface area (Å²) in [5.41, 5.74) is 0. The molecular formula is C16H34O3Si. The Hall–Kier alpha value is -0.193. The molecule has 0 bridgehead atoms. The second-order valence-electron chi connectivity index (χ2n) is 5.46. The van der Waals surface area contributed by atoms with E-state index in [1.807, 2.05) is 20.4 Å². The smallest absolute Gasteiger partial charge is 0.390 e. The maximum Gasteiger partial charge on any atom is 0.406 e. The normalized spacial score (nSPS) is 11.8. The highest BCUT2D eigenvalue weighted by atomic mass is 28.4. The highest BCUT2D eigenvalue weighted by Gasteiger charge is 2.39. The second kappa shape index (κ2) is 12.5. The van der Waals surface area contributed by atoms with Gasteiger partial charge in [0.25, 0.3) is 0 Å². The zero-order valence-corrected chi connectivity index (χ0v) is 15.0. The molecule has 4 heteroatoms. The van der Waals surface area contributed by atoms with Crippen LogP contribution in [0.3, 0.4) is 0 Å². The van der Waals surface area contributed by atoms with Crippen molar-refractivity contribution < 1.29 is 13.6 Å². The number of rotatable bonds is 14. The van der Waals surface area contributed by atoms with Crippen LogP contribution in [-0.2, 0) is 13.6 Å². The molecule has 0 saturated carbocycles. The molecule has 0 unspecified atom stereocenters. The molecule has 0 aromatic rings. The summed E-state index contributed by atoms with van der Waals surface area (Å²) in [4.78, 5) is 12.2. The van der Waals surface area contributed by atoms with Crippen LogP contribution in [0.4, 0.5) is 0 Å². The van der Waals surface area contributed by atoms with E-state index < -0.39 is 8.56 Å². The van der Waals surface area contributed by atoms with Gasteiger partial charge in [0.1, 0.15) is 0 Å². The van der Waals surface area contributed by atoms with E-state index in [9.17, 15) is 4.79 Å². The summed E-state index contributed by atoms with van der Waals surface area (Å²) in [6, 6.07) is 0. The minimum absolute atomic E-state index is 0.215. The largest absolute Gasteiger partial charge is 0.406 e. The van der Waals surface area contributed by atoms with Crippen molar-refractivity contribution >= 4 is 14.0 Å². The van der Waals surface area contributed by atoms with Crippen molar-refractivity contribution in [2.75, 3.05) is 13.2 Å². The molecule has 0 aromatic carbocycles. The lowest BCUT2D eigenvalue weighted by molar-refractivity contribution is -0.116. The Labute approximate surface area is 126 Å². The maximum absolute atomic E-state index is 12.2. The Morgan fingerprint density at radius 3 is 1.70 bits per heavy atom. The molecule has 0 amide bonds. The summed E-state index contributed by atoms with van der Waals surface area (Å²) in [6.45, 7) is 9.09. The summed E-state index contributed by atoms with van der Waals surface area (Å²) in [5, 5.41) is 0.215. The van der Waals surface area contributed by atoms with Crippen LogP contribution in [0, 0.1) is 0 Å². The van der Waals surface area contributed by atoms with E-state index in [1.165, 1.54) is 38.5 Å². The molecule has 120 valence electrons. The fourth-order valence-electron chi connectivity index (χ4n) is 2.40. The predicted molar refractivity (Wildman–Crippen MR) is 87.1 cm³/mol. The average molecular weight is 303 g/mol. The van der Waals surface area contributed by atoms with E-state index in [1.54, 1.807) is 0 Å². The first kappa shape index (κ1) is 19.8. The fourth-order valence-corrected chi connectivity index (χ4v) is 4.54. The number of hydrogen-bond donors (Lipinski definition) is 0. The van der Waals surface area contributed by atoms with E-state index in [0.29, 0.717) is 19.6 Å². The van der Waals surface area contributed by atoms with Crippen molar-refractivity contribution in [3.8, 4) is 0 Å². The van der Waals surface area contributed by atoms with Crippen molar-refractivity contribution in [1.29, 1.82) is 0 Å². The van der Waals surface area contributed by atoms with Gasteiger partial charge in [-0.1, -0.05) is 51.9 Å². The zero-order chi connectivity index (χ0) is 15.3. The lowest BCUT2D eigenvalue weighted by atomic mass is 10.1. The number of carbonyl (C=O) groups is 1. The van der Waals surface area contributed by atoms with Crippen LogP contribution in [0.25, 0.3) is 0 Å². The first-order valence-electron chi connectivity index (χ1n) is 8.41. The van der Waals surface area contributed by atoms with Crippen molar-refractivity contribution in [1.82, 2.24) is 0 Å². The van der Waals surface area contributed by atoms with Gasteiger partial charge in [0.15, 0.2) is 5.41 Å². The molecule has 20 heavy (non-hydrogen) atoms. The van der Waals surface area contributed by atoms with E-state index in [-0.39, 0.29) is 5.41 Å². The molecule has 0 aliphatic heterocycles. The Morgan fingerprint density at radius 2 is 1.25 bits per heavy atom. The van der Waals surface area contributed by atoms with Gasteiger partial charge in [-0.3, -0.25) is 4.79 Å². The van der Waals surface area contributed by atoms with Gasteiger partial charge < -0.3 is 8.85 Å². The van der Waals surface area contributed by atoms with Crippen molar-refractivity contribution in [2.45, 2.75) is 85.1 Å². The van der Waals surface area contributed by atoms with E-state index in [0.717, 1.165) is 12.8 Å². The molecule has 0 fully saturated rings. The monoisotopic (exact) mass is 302 g/mol. The van der Waals surface area contributed by atoms with E-state index in [2.05, 4.69) is 6.92 Å². The molecular weight excluding hydrogens is 268 g/mol. The van der Waals surface area contributed by atoms with Gasteiger partial charge in [0.2, 0.25) is 0 Å². The van der Waals surface area contributed by atoms with Gasteiger partial charge in [0.05, 0.1) is 0 Å². The highest BCUT2D eigenvalue weighted by molar-refractivity contribution is 6.96. The quantitative estimate of drug-likeness (QED) is 0.342. The maximum atomic E-state index is 12.2. The van der Waals surface area contributed by atoms with Crippen molar-refractivity contribution in [2.24, 2.45) is 0 Å². The first-order chi connectivity index (χ1) is 9.60. The molecule has 0 aliphatic carbocycles. The third kappa shape index (κ3) is 8.87. The Morgan fingerprint density at radius 1 is 0.800 bits per heavy atom. The van der Waals surface area contributed by atoms with Crippen LogP contribution >= 0.6 is 0 Å². The SMILES string of the molecule is CCCCCCCCCCC(=O)[Si](C)(OCC)OCC. The molecule has 0 aromatic heterocycles. The fraction of sp³-hybridized carbons (Fsp3) is 0.938. The van der Waals surface area contributed by atoms with Crippen LogP contribution in [0.2, 0.25) is 6.55 Å². The Bertz CT molecular complexity index is 238. The van der Waals surface area contributed by atoms with Gasteiger partial charge in [0, 0.05) is 19.6 Å². The third-order valence-electron chi connectivity index (χ3n) is 3.60. The molecule has 0 aliphatic rings. The van der Waals surface area contributed by atoms with E-state index >= 15 is 0 Å². The standard InChI is InChI=1S/C16H34O3Si/c1-5-8-9-10-11-12-13-14-15-16(17)20(4,18-6-2)19-7-3/h5-15H2,1-4H3. The lowest BCUT2D eigenvalue weighted by Gasteiger charge is -2.24. The first-order valence-corrected chi connectivity index (χ1v) is 10.7. The van der Waals surface area contributed by atoms with Crippen LogP contribution in [0.5, 0.6) is 0 Å². The molecule has 0 radical (unpaired) electrons. The summed E-state index contributed by atoms with van der Waals surface area (Å²) in [7, 11) is -2.58.